The number of rotatable bonds is 4. The second kappa shape index (κ2) is 6.20. The van der Waals surface area contributed by atoms with Gasteiger partial charge < -0.3 is 18.9 Å². The van der Waals surface area contributed by atoms with Gasteiger partial charge in [0.05, 0.1) is 0 Å². The van der Waals surface area contributed by atoms with Crippen molar-refractivity contribution in [1.29, 1.82) is 0 Å². The Morgan fingerprint density at radius 2 is 1.74 bits per heavy atom. The highest BCUT2D eigenvalue weighted by Gasteiger charge is 2.16. The third kappa shape index (κ3) is 3.39. The molecule has 3 rings (SSSR count). The van der Waals surface area contributed by atoms with Crippen molar-refractivity contribution in [2.75, 3.05) is 13.4 Å². The summed E-state index contributed by atoms with van der Waals surface area (Å²) in [7, 11) is 0. The molecule has 0 fully saturated rings. The van der Waals surface area contributed by atoms with Gasteiger partial charge in [-0.1, -0.05) is 17.7 Å². The van der Waals surface area contributed by atoms with Gasteiger partial charge in [0.25, 0.3) is 0 Å². The summed E-state index contributed by atoms with van der Waals surface area (Å²) >= 11 is 0. The van der Waals surface area contributed by atoms with Gasteiger partial charge in [0.2, 0.25) is 6.79 Å². The van der Waals surface area contributed by atoms with Crippen LogP contribution in [0.4, 0.5) is 0 Å². The van der Waals surface area contributed by atoms with Crippen molar-refractivity contribution in [3.05, 3.63) is 47.0 Å². The predicted octanol–water partition coefficient (Wildman–Crippen LogP) is 3.32. The molecule has 1 aliphatic heterocycles. The second-order valence-corrected chi connectivity index (χ2v) is 5.51. The van der Waals surface area contributed by atoms with E-state index >= 15 is 0 Å². The summed E-state index contributed by atoms with van der Waals surface area (Å²) in [6.45, 7) is 5.97. The highest BCUT2D eigenvalue weighted by molar-refractivity contribution is 5.74. The van der Waals surface area contributed by atoms with Crippen LogP contribution in [0.3, 0.4) is 0 Å². The van der Waals surface area contributed by atoms with E-state index in [9.17, 15) is 4.79 Å². The van der Waals surface area contributed by atoms with E-state index in [4.69, 9.17) is 18.9 Å². The van der Waals surface area contributed by atoms with E-state index < -0.39 is 5.97 Å². The first-order valence-corrected chi connectivity index (χ1v) is 7.34. The van der Waals surface area contributed by atoms with Crippen LogP contribution in [-0.4, -0.2) is 19.4 Å². The maximum atomic E-state index is 12.0. The van der Waals surface area contributed by atoms with Gasteiger partial charge in [-0.3, -0.25) is 0 Å². The Bertz CT molecular complexity index is 728. The topological polar surface area (TPSA) is 54.0 Å². The molecule has 2 aromatic carbocycles. The number of hydrogen-bond donors (Lipinski definition) is 0. The summed E-state index contributed by atoms with van der Waals surface area (Å²) < 4.78 is 21.3. The van der Waals surface area contributed by atoms with Crippen molar-refractivity contribution in [2.45, 2.75) is 20.8 Å². The number of esters is 1. The van der Waals surface area contributed by atoms with E-state index in [1.165, 1.54) is 0 Å². The number of aryl methyl sites for hydroxylation is 3. The Hall–Kier alpha value is -2.69. The van der Waals surface area contributed by atoms with Crippen molar-refractivity contribution >= 4 is 5.97 Å². The quantitative estimate of drug-likeness (QED) is 0.640. The molecule has 0 spiro atoms. The molecular formula is C18H18O5. The SMILES string of the molecule is Cc1cc(C)c(OCC(=O)Oc2ccc3c(c2)OCO3)c(C)c1. The molecule has 0 saturated carbocycles. The molecule has 1 heterocycles. The monoisotopic (exact) mass is 314 g/mol. The molecule has 0 N–H and O–H groups in total. The zero-order valence-corrected chi connectivity index (χ0v) is 13.3. The minimum atomic E-state index is -0.469. The normalized spacial score (nSPS) is 12.1. The molecular weight excluding hydrogens is 296 g/mol. The minimum Gasteiger partial charge on any atom is -0.481 e. The summed E-state index contributed by atoms with van der Waals surface area (Å²) in [5, 5.41) is 0. The number of ether oxygens (including phenoxy) is 4. The van der Waals surface area contributed by atoms with E-state index in [0.717, 1.165) is 22.4 Å². The molecule has 23 heavy (non-hydrogen) atoms. The van der Waals surface area contributed by atoms with Gasteiger partial charge in [0.1, 0.15) is 11.5 Å². The summed E-state index contributed by atoms with van der Waals surface area (Å²) in [6.07, 6.45) is 0. The van der Waals surface area contributed by atoms with Gasteiger partial charge in [-0.15, -0.1) is 0 Å². The number of benzene rings is 2. The molecule has 120 valence electrons. The maximum absolute atomic E-state index is 12.0. The van der Waals surface area contributed by atoms with E-state index in [-0.39, 0.29) is 13.4 Å². The number of hydrogen-bond acceptors (Lipinski definition) is 5. The molecule has 0 atom stereocenters. The Labute approximate surface area is 134 Å². The zero-order chi connectivity index (χ0) is 16.4. The van der Waals surface area contributed by atoms with Crippen molar-refractivity contribution < 1.29 is 23.7 Å². The molecule has 0 unspecified atom stereocenters. The molecule has 0 radical (unpaired) electrons. The van der Waals surface area contributed by atoms with Crippen molar-refractivity contribution in [1.82, 2.24) is 0 Å². The lowest BCUT2D eigenvalue weighted by Crippen LogP contribution is -2.18. The van der Waals surface area contributed by atoms with Gasteiger partial charge >= 0.3 is 5.97 Å². The standard InChI is InChI=1S/C18H18O5/c1-11-6-12(2)18(13(3)7-11)20-9-17(19)23-14-4-5-15-16(8-14)22-10-21-15/h4-8H,9-10H2,1-3H3. The van der Waals surface area contributed by atoms with E-state index in [1.54, 1.807) is 18.2 Å². The van der Waals surface area contributed by atoms with Crippen LogP contribution in [0.5, 0.6) is 23.0 Å². The third-order valence-electron chi connectivity index (χ3n) is 3.51. The summed E-state index contributed by atoms with van der Waals surface area (Å²) in [5.41, 5.74) is 3.16. The predicted molar refractivity (Wildman–Crippen MR) is 84.3 cm³/mol. The Balaban J connectivity index is 1.62. The Morgan fingerprint density at radius 3 is 2.48 bits per heavy atom. The molecule has 5 nitrogen and oxygen atoms in total. The van der Waals surface area contributed by atoms with E-state index in [1.807, 2.05) is 32.9 Å². The first kappa shape index (κ1) is 15.2. The van der Waals surface area contributed by atoms with E-state index in [2.05, 4.69) is 0 Å². The zero-order valence-electron chi connectivity index (χ0n) is 13.3. The first-order valence-electron chi connectivity index (χ1n) is 7.34. The largest absolute Gasteiger partial charge is 0.481 e. The summed E-state index contributed by atoms with van der Waals surface area (Å²) in [6, 6.07) is 9.04. The Morgan fingerprint density at radius 1 is 1.04 bits per heavy atom. The smallest absolute Gasteiger partial charge is 0.349 e. The first-order chi connectivity index (χ1) is 11.0. The van der Waals surface area contributed by atoms with Gasteiger partial charge in [0, 0.05) is 6.07 Å². The van der Waals surface area contributed by atoms with Crippen molar-refractivity contribution in [3.8, 4) is 23.0 Å². The van der Waals surface area contributed by atoms with Crippen LogP contribution in [0.15, 0.2) is 30.3 Å². The molecule has 0 bridgehead atoms. The second-order valence-electron chi connectivity index (χ2n) is 5.51. The van der Waals surface area contributed by atoms with Crippen molar-refractivity contribution in [2.24, 2.45) is 0 Å². The molecule has 0 saturated heterocycles. The molecule has 0 aliphatic carbocycles. The number of fused-ring (bicyclic) bond motifs is 1. The van der Waals surface area contributed by atoms with Gasteiger partial charge in [0.15, 0.2) is 18.1 Å². The Kier molecular flexibility index (Phi) is 4.10. The minimum absolute atomic E-state index is 0.154. The number of carbonyl (C=O) groups is 1. The average Bonchev–Trinajstić information content (AvgIpc) is 2.93. The summed E-state index contributed by atoms with van der Waals surface area (Å²) in [4.78, 5) is 12.0. The lowest BCUT2D eigenvalue weighted by molar-refractivity contribution is -0.136. The van der Waals surface area contributed by atoms with Crippen LogP contribution < -0.4 is 18.9 Å². The molecule has 5 heteroatoms. The van der Waals surface area contributed by atoms with Gasteiger partial charge in [-0.25, -0.2) is 4.79 Å². The lowest BCUT2D eigenvalue weighted by Gasteiger charge is -2.12. The van der Waals surface area contributed by atoms with Crippen LogP contribution >= 0.6 is 0 Å². The fourth-order valence-electron chi connectivity index (χ4n) is 2.63. The molecule has 1 aliphatic rings. The van der Waals surface area contributed by atoms with Crippen LogP contribution in [-0.2, 0) is 4.79 Å². The highest BCUT2D eigenvalue weighted by Crippen LogP contribution is 2.35. The van der Waals surface area contributed by atoms with Crippen LogP contribution in [0.25, 0.3) is 0 Å². The molecule has 2 aromatic rings. The van der Waals surface area contributed by atoms with Crippen LogP contribution in [0, 0.1) is 20.8 Å². The summed E-state index contributed by atoms with van der Waals surface area (Å²) in [5.74, 6) is 1.87. The van der Waals surface area contributed by atoms with Crippen LogP contribution in [0.2, 0.25) is 0 Å². The van der Waals surface area contributed by atoms with Gasteiger partial charge in [-0.05, 0) is 44.0 Å². The number of carbonyl (C=O) groups excluding carboxylic acids is 1. The fourth-order valence-corrected chi connectivity index (χ4v) is 2.63. The van der Waals surface area contributed by atoms with Gasteiger partial charge in [-0.2, -0.15) is 0 Å². The molecule has 0 aromatic heterocycles. The molecule has 0 amide bonds. The van der Waals surface area contributed by atoms with Crippen LogP contribution in [0.1, 0.15) is 16.7 Å². The fraction of sp³-hybridized carbons (Fsp3) is 0.278. The maximum Gasteiger partial charge on any atom is 0.349 e. The average molecular weight is 314 g/mol. The highest BCUT2D eigenvalue weighted by atomic mass is 16.7. The van der Waals surface area contributed by atoms with Crippen molar-refractivity contribution in [3.63, 3.8) is 0 Å². The third-order valence-corrected chi connectivity index (χ3v) is 3.51. The van der Waals surface area contributed by atoms with E-state index in [0.29, 0.717) is 17.2 Å². The lowest BCUT2D eigenvalue weighted by atomic mass is 10.1.